The number of nitrogens with zero attached hydrogens (tertiary/aromatic N) is 3. The molecule has 2 heterocycles. The van der Waals surface area contributed by atoms with Crippen LogP contribution < -0.4 is 0 Å². The van der Waals surface area contributed by atoms with E-state index in [4.69, 9.17) is 11.6 Å². The first-order valence-electron chi connectivity index (χ1n) is 7.49. The van der Waals surface area contributed by atoms with E-state index in [2.05, 4.69) is 10.00 Å². The molecule has 6 heteroatoms. The molecular weight excluding hydrogens is 290 g/mol. The Morgan fingerprint density at radius 2 is 2.19 bits per heavy atom. The summed E-state index contributed by atoms with van der Waals surface area (Å²) in [5.41, 5.74) is 1.18. The molecule has 1 aromatic rings. The van der Waals surface area contributed by atoms with Crippen LogP contribution in [-0.2, 0) is 17.9 Å². The maximum Gasteiger partial charge on any atom is 0.311 e. The minimum absolute atomic E-state index is 0.119. The van der Waals surface area contributed by atoms with Gasteiger partial charge in [0.1, 0.15) is 0 Å². The smallest absolute Gasteiger partial charge is 0.311 e. The van der Waals surface area contributed by atoms with Crippen LogP contribution in [-0.4, -0.2) is 38.8 Å². The van der Waals surface area contributed by atoms with Crippen LogP contribution in [0.25, 0.3) is 0 Å². The highest BCUT2D eigenvalue weighted by Crippen LogP contribution is 2.39. The highest BCUT2D eigenvalue weighted by molar-refractivity contribution is 6.31. The van der Waals surface area contributed by atoms with Crippen molar-refractivity contribution in [2.24, 2.45) is 11.3 Å². The minimum Gasteiger partial charge on any atom is -0.481 e. The first-order valence-corrected chi connectivity index (χ1v) is 7.87. The van der Waals surface area contributed by atoms with Crippen molar-refractivity contribution < 1.29 is 9.90 Å². The minimum atomic E-state index is -0.689. The molecule has 1 aromatic heterocycles. The highest BCUT2D eigenvalue weighted by atomic mass is 35.5. The Labute approximate surface area is 130 Å². The predicted molar refractivity (Wildman–Crippen MR) is 82.4 cm³/mol. The van der Waals surface area contributed by atoms with Gasteiger partial charge in [-0.05, 0) is 32.7 Å². The van der Waals surface area contributed by atoms with Crippen LogP contribution in [0.3, 0.4) is 0 Å². The number of aliphatic carboxylic acids is 1. The van der Waals surface area contributed by atoms with Gasteiger partial charge < -0.3 is 5.11 Å². The van der Waals surface area contributed by atoms with Crippen LogP contribution >= 0.6 is 11.6 Å². The molecule has 21 heavy (non-hydrogen) atoms. The standard InChI is InChI=1S/C15H24ClN3O2/c1-5-19-12(13(16)11(4)17-19)8-18-7-6-15(9-18,10(2)3)14(20)21/h10H,5-9H2,1-4H3,(H,20,21). The Bertz CT molecular complexity index is 541. The average molecular weight is 314 g/mol. The second-order valence-corrected chi connectivity index (χ2v) is 6.62. The van der Waals surface area contributed by atoms with Gasteiger partial charge in [-0.2, -0.15) is 5.10 Å². The predicted octanol–water partition coefficient (Wildman–Crippen LogP) is 2.80. The Balaban J connectivity index is 2.18. The average Bonchev–Trinajstić information content (AvgIpc) is 2.96. The third-order valence-corrected chi connectivity index (χ3v) is 5.23. The third kappa shape index (κ3) is 2.81. The topological polar surface area (TPSA) is 58.4 Å². The maximum atomic E-state index is 11.7. The van der Waals surface area contributed by atoms with Gasteiger partial charge in [0.25, 0.3) is 0 Å². The molecule has 0 spiro atoms. The lowest BCUT2D eigenvalue weighted by atomic mass is 9.76. The van der Waals surface area contributed by atoms with Crippen LogP contribution in [0.15, 0.2) is 0 Å². The van der Waals surface area contributed by atoms with E-state index in [1.807, 2.05) is 32.4 Å². The van der Waals surface area contributed by atoms with Gasteiger partial charge in [0.15, 0.2) is 0 Å². The van der Waals surface area contributed by atoms with Gasteiger partial charge in [-0.25, -0.2) is 0 Å². The summed E-state index contributed by atoms with van der Waals surface area (Å²) >= 11 is 6.34. The lowest BCUT2D eigenvalue weighted by Gasteiger charge is -2.28. The van der Waals surface area contributed by atoms with Crippen molar-refractivity contribution >= 4 is 17.6 Å². The molecule has 118 valence electrons. The highest BCUT2D eigenvalue weighted by Gasteiger charge is 2.47. The molecule has 0 aliphatic carbocycles. The van der Waals surface area contributed by atoms with Crippen molar-refractivity contribution in [3.63, 3.8) is 0 Å². The fourth-order valence-corrected chi connectivity index (χ4v) is 3.37. The van der Waals surface area contributed by atoms with Crippen LogP contribution in [0.1, 0.15) is 38.6 Å². The quantitative estimate of drug-likeness (QED) is 0.908. The number of hydrogen-bond donors (Lipinski definition) is 1. The van der Waals surface area contributed by atoms with Crippen LogP contribution in [0.2, 0.25) is 5.02 Å². The van der Waals surface area contributed by atoms with E-state index >= 15 is 0 Å². The molecule has 1 aliphatic rings. The molecule has 1 N–H and O–H groups in total. The fraction of sp³-hybridized carbons (Fsp3) is 0.733. The molecule has 1 fully saturated rings. The number of carboxylic acid groups (broad SMARTS) is 1. The Kier molecular flexibility index (Phi) is 4.63. The van der Waals surface area contributed by atoms with Crippen molar-refractivity contribution in [2.75, 3.05) is 13.1 Å². The van der Waals surface area contributed by atoms with Gasteiger partial charge in [-0.1, -0.05) is 25.4 Å². The fourth-order valence-electron chi connectivity index (χ4n) is 3.17. The summed E-state index contributed by atoms with van der Waals surface area (Å²) in [7, 11) is 0. The molecule has 0 bridgehead atoms. The van der Waals surface area contributed by atoms with Gasteiger partial charge in [0.05, 0.1) is 21.8 Å². The molecule has 1 unspecified atom stereocenters. The largest absolute Gasteiger partial charge is 0.481 e. The van der Waals surface area contributed by atoms with Crippen molar-refractivity contribution in [1.82, 2.24) is 14.7 Å². The molecule has 1 aliphatic heterocycles. The summed E-state index contributed by atoms with van der Waals surface area (Å²) in [6.07, 6.45) is 0.691. The van der Waals surface area contributed by atoms with E-state index < -0.39 is 11.4 Å². The zero-order valence-corrected chi connectivity index (χ0v) is 13.9. The second-order valence-electron chi connectivity index (χ2n) is 6.24. The van der Waals surface area contributed by atoms with Crippen molar-refractivity contribution in [2.45, 2.75) is 47.2 Å². The number of aromatic nitrogens is 2. The van der Waals surface area contributed by atoms with Gasteiger partial charge in [-0.3, -0.25) is 14.4 Å². The Morgan fingerprint density at radius 1 is 1.52 bits per heavy atom. The first kappa shape index (κ1) is 16.3. The van der Waals surface area contributed by atoms with E-state index in [0.717, 1.165) is 24.5 Å². The van der Waals surface area contributed by atoms with Crippen LogP contribution in [0.5, 0.6) is 0 Å². The zero-order chi connectivity index (χ0) is 15.8. The zero-order valence-electron chi connectivity index (χ0n) is 13.2. The normalized spacial score (nSPS) is 23.1. The number of aryl methyl sites for hydroxylation is 2. The number of carbonyl (C=O) groups is 1. The number of halogens is 1. The Hall–Kier alpha value is -1.07. The van der Waals surface area contributed by atoms with Crippen LogP contribution in [0, 0.1) is 18.3 Å². The number of rotatable bonds is 5. The van der Waals surface area contributed by atoms with E-state index in [0.29, 0.717) is 24.5 Å². The van der Waals surface area contributed by atoms with Crippen molar-refractivity contribution in [1.29, 1.82) is 0 Å². The summed E-state index contributed by atoms with van der Waals surface area (Å²) in [5, 5.41) is 14.7. The molecule has 0 saturated carbocycles. The second kappa shape index (κ2) is 5.97. The van der Waals surface area contributed by atoms with Crippen LogP contribution in [0.4, 0.5) is 0 Å². The summed E-state index contributed by atoms with van der Waals surface area (Å²) in [5.74, 6) is -0.570. The van der Waals surface area contributed by atoms with Crippen molar-refractivity contribution in [3.8, 4) is 0 Å². The molecular formula is C15H24ClN3O2. The van der Waals surface area contributed by atoms with Gasteiger partial charge in [-0.15, -0.1) is 0 Å². The molecule has 1 saturated heterocycles. The summed E-state index contributed by atoms with van der Waals surface area (Å²) in [4.78, 5) is 13.9. The van der Waals surface area contributed by atoms with Crippen molar-refractivity contribution in [3.05, 3.63) is 16.4 Å². The summed E-state index contributed by atoms with van der Waals surface area (Å²) in [6.45, 7) is 10.7. The molecule has 0 amide bonds. The van der Waals surface area contributed by atoms with E-state index in [1.165, 1.54) is 0 Å². The van der Waals surface area contributed by atoms with Gasteiger partial charge in [0.2, 0.25) is 0 Å². The lowest BCUT2D eigenvalue weighted by Crippen LogP contribution is -2.39. The molecule has 1 atom stereocenters. The molecule has 5 nitrogen and oxygen atoms in total. The van der Waals surface area contributed by atoms with E-state index in [1.54, 1.807) is 0 Å². The maximum absolute atomic E-state index is 11.7. The Morgan fingerprint density at radius 3 is 2.67 bits per heavy atom. The molecule has 0 radical (unpaired) electrons. The van der Waals surface area contributed by atoms with E-state index in [-0.39, 0.29) is 5.92 Å². The lowest BCUT2D eigenvalue weighted by molar-refractivity contribution is -0.151. The molecule has 2 rings (SSSR count). The van der Waals surface area contributed by atoms with E-state index in [9.17, 15) is 9.90 Å². The van der Waals surface area contributed by atoms with Gasteiger partial charge >= 0.3 is 5.97 Å². The third-order valence-electron chi connectivity index (χ3n) is 4.74. The number of hydrogen-bond acceptors (Lipinski definition) is 3. The number of carboxylic acids is 1. The monoisotopic (exact) mass is 313 g/mol. The van der Waals surface area contributed by atoms with Gasteiger partial charge in [0, 0.05) is 19.6 Å². The first-order chi connectivity index (χ1) is 9.81. The number of likely N-dealkylation sites (tertiary alicyclic amines) is 1. The SMILES string of the molecule is CCn1nc(C)c(Cl)c1CN1CCC(C(=O)O)(C(C)C)C1. The summed E-state index contributed by atoms with van der Waals surface area (Å²) in [6, 6.07) is 0. The summed E-state index contributed by atoms with van der Waals surface area (Å²) < 4.78 is 1.91. The molecule has 0 aromatic carbocycles.